The molecule has 0 bridgehead atoms. The van der Waals surface area contributed by atoms with Crippen LogP contribution >= 0.6 is 0 Å². The molecule has 0 spiro atoms. The first kappa shape index (κ1) is 22.3. The highest BCUT2D eigenvalue weighted by molar-refractivity contribution is 5.66. The largest absolute Gasteiger partial charge is 0.466 e. The molecule has 0 aromatic heterocycles. The molecule has 0 aliphatic rings. The van der Waals surface area contributed by atoms with Gasteiger partial charge >= 0.3 is 11.9 Å². The van der Waals surface area contributed by atoms with Gasteiger partial charge in [-0.05, 0) is 36.8 Å². The molecular formula is C21H26O4. The second-order valence-electron chi connectivity index (χ2n) is 5.08. The zero-order valence-corrected chi connectivity index (χ0v) is 15.2. The molecule has 0 aromatic rings. The van der Waals surface area contributed by atoms with E-state index in [-0.39, 0.29) is 18.0 Å². The molecule has 0 heterocycles. The fourth-order valence-corrected chi connectivity index (χ4v) is 1.67. The number of carbonyl (C=O) groups excluding carboxylic acids is 2. The summed E-state index contributed by atoms with van der Waals surface area (Å²) in [5, 5.41) is 0. The van der Waals surface area contributed by atoms with Crippen LogP contribution in [0.25, 0.3) is 0 Å². The lowest BCUT2D eigenvalue weighted by Gasteiger charge is -2.10. The molecule has 4 heteroatoms. The van der Waals surface area contributed by atoms with E-state index in [0.717, 1.165) is 12.8 Å². The highest BCUT2D eigenvalue weighted by atomic mass is 16.5. The van der Waals surface area contributed by atoms with Gasteiger partial charge in [-0.25, -0.2) is 0 Å². The van der Waals surface area contributed by atoms with Gasteiger partial charge in [0.1, 0.15) is 6.10 Å². The van der Waals surface area contributed by atoms with Crippen molar-refractivity contribution in [3.05, 3.63) is 36.5 Å². The number of carbonyl (C=O) groups is 2. The Kier molecular flexibility index (Phi) is 14.4. The van der Waals surface area contributed by atoms with Crippen molar-refractivity contribution in [3.63, 3.8) is 0 Å². The van der Waals surface area contributed by atoms with Gasteiger partial charge in [-0.2, -0.15) is 0 Å². The van der Waals surface area contributed by atoms with E-state index in [1.807, 2.05) is 31.2 Å². The summed E-state index contributed by atoms with van der Waals surface area (Å²) in [6, 6.07) is 0. The van der Waals surface area contributed by atoms with Crippen LogP contribution in [0.3, 0.4) is 0 Å². The third-order valence-electron chi connectivity index (χ3n) is 2.70. The number of esters is 2. The lowest BCUT2D eigenvalue weighted by atomic mass is 10.2. The first-order chi connectivity index (χ1) is 12.1. The van der Waals surface area contributed by atoms with Crippen molar-refractivity contribution in [2.24, 2.45) is 0 Å². The highest BCUT2D eigenvalue weighted by Crippen LogP contribution is 2.04. The number of unbranched alkanes of at least 4 members (excludes halogenated alkanes) is 1. The molecule has 0 N–H and O–H groups in total. The summed E-state index contributed by atoms with van der Waals surface area (Å²) in [6.07, 6.45) is 13.9. The maximum Gasteiger partial charge on any atom is 0.303 e. The first-order valence-corrected chi connectivity index (χ1v) is 8.35. The molecule has 1 atom stereocenters. The normalized spacial score (nSPS) is 11.6. The molecule has 0 saturated carbocycles. The fourth-order valence-electron chi connectivity index (χ4n) is 1.67. The van der Waals surface area contributed by atoms with Gasteiger partial charge in [0.05, 0.1) is 6.61 Å². The Balaban J connectivity index is 4.04. The minimum Gasteiger partial charge on any atom is -0.466 e. The van der Waals surface area contributed by atoms with Gasteiger partial charge in [0.2, 0.25) is 0 Å². The molecule has 134 valence electrons. The van der Waals surface area contributed by atoms with Gasteiger partial charge in [-0.1, -0.05) is 49.5 Å². The SMILES string of the molecule is CCC[C@H](/C=C/C=C/C=C/C#CC#CCCCOC(C)=O)OC(C)=O. The molecule has 0 unspecified atom stereocenters. The van der Waals surface area contributed by atoms with Crippen molar-refractivity contribution in [1.29, 1.82) is 0 Å². The molecule has 0 fully saturated rings. The third kappa shape index (κ3) is 17.5. The van der Waals surface area contributed by atoms with Crippen molar-refractivity contribution >= 4 is 11.9 Å². The minimum absolute atomic E-state index is 0.174. The highest BCUT2D eigenvalue weighted by Gasteiger charge is 2.05. The van der Waals surface area contributed by atoms with Crippen molar-refractivity contribution in [2.45, 2.75) is 52.6 Å². The lowest BCUT2D eigenvalue weighted by molar-refractivity contribution is -0.144. The Hall–Kier alpha value is -2.72. The van der Waals surface area contributed by atoms with Crippen molar-refractivity contribution in [1.82, 2.24) is 0 Å². The summed E-state index contributed by atoms with van der Waals surface area (Å²) >= 11 is 0. The molecule has 0 radical (unpaired) electrons. The summed E-state index contributed by atoms with van der Waals surface area (Å²) in [7, 11) is 0. The number of ether oxygens (including phenoxy) is 2. The lowest BCUT2D eigenvalue weighted by Crippen LogP contribution is -2.12. The maximum atomic E-state index is 11.0. The van der Waals surface area contributed by atoms with Crippen molar-refractivity contribution < 1.29 is 19.1 Å². The van der Waals surface area contributed by atoms with Gasteiger partial charge in [0, 0.05) is 20.3 Å². The van der Waals surface area contributed by atoms with Crippen molar-refractivity contribution in [2.75, 3.05) is 6.61 Å². The van der Waals surface area contributed by atoms with Crippen LogP contribution in [0.1, 0.15) is 46.5 Å². The van der Waals surface area contributed by atoms with Crippen LogP contribution in [-0.2, 0) is 19.1 Å². The van der Waals surface area contributed by atoms with E-state index >= 15 is 0 Å². The van der Waals surface area contributed by atoms with Gasteiger partial charge in [-0.15, -0.1) is 0 Å². The van der Waals surface area contributed by atoms with E-state index in [4.69, 9.17) is 9.47 Å². The topological polar surface area (TPSA) is 52.6 Å². The quantitative estimate of drug-likeness (QED) is 0.277. The van der Waals surface area contributed by atoms with E-state index in [9.17, 15) is 9.59 Å². The summed E-state index contributed by atoms with van der Waals surface area (Å²) in [5.41, 5.74) is 0. The predicted octanol–water partition coefficient (Wildman–Crippen LogP) is 3.74. The van der Waals surface area contributed by atoms with E-state index < -0.39 is 0 Å². The molecule has 0 rings (SSSR count). The minimum atomic E-state index is -0.270. The molecule has 0 amide bonds. The van der Waals surface area contributed by atoms with Gasteiger partial charge in [-0.3, -0.25) is 9.59 Å². The molecule has 25 heavy (non-hydrogen) atoms. The summed E-state index contributed by atoms with van der Waals surface area (Å²) in [4.78, 5) is 21.5. The third-order valence-corrected chi connectivity index (χ3v) is 2.70. The van der Waals surface area contributed by atoms with Crippen LogP contribution in [0.2, 0.25) is 0 Å². The average molecular weight is 342 g/mol. The van der Waals surface area contributed by atoms with Crippen LogP contribution in [0.4, 0.5) is 0 Å². The Morgan fingerprint density at radius 2 is 1.80 bits per heavy atom. The first-order valence-electron chi connectivity index (χ1n) is 8.35. The maximum absolute atomic E-state index is 11.0. The van der Waals surface area contributed by atoms with Gasteiger partial charge < -0.3 is 9.47 Å². The molecular weight excluding hydrogens is 316 g/mol. The fraction of sp³-hybridized carbons (Fsp3) is 0.429. The molecule has 4 nitrogen and oxygen atoms in total. The number of hydrogen-bond donors (Lipinski definition) is 0. The van der Waals surface area contributed by atoms with Gasteiger partial charge in [0.15, 0.2) is 0 Å². The summed E-state index contributed by atoms with van der Waals surface area (Å²) < 4.78 is 9.96. The van der Waals surface area contributed by atoms with E-state index in [1.165, 1.54) is 13.8 Å². The second-order valence-corrected chi connectivity index (χ2v) is 5.08. The molecule has 0 saturated heterocycles. The smallest absolute Gasteiger partial charge is 0.303 e. The van der Waals surface area contributed by atoms with E-state index in [1.54, 1.807) is 12.2 Å². The molecule has 0 aliphatic carbocycles. The van der Waals surface area contributed by atoms with Gasteiger partial charge in [0.25, 0.3) is 0 Å². The summed E-state index contributed by atoms with van der Waals surface area (Å²) in [6.45, 7) is 5.24. The Bertz CT molecular complexity index is 603. The van der Waals surface area contributed by atoms with Crippen LogP contribution in [-0.4, -0.2) is 24.6 Å². The van der Waals surface area contributed by atoms with Crippen LogP contribution in [0.15, 0.2) is 36.5 Å². The second kappa shape index (κ2) is 16.1. The predicted molar refractivity (Wildman–Crippen MR) is 99.3 cm³/mol. The zero-order valence-electron chi connectivity index (χ0n) is 15.2. The van der Waals surface area contributed by atoms with E-state index in [2.05, 4.69) is 23.7 Å². The van der Waals surface area contributed by atoms with Crippen LogP contribution in [0, 0.1) is 23.7 Å². The monoisotopic (exact) mass is 342 g/mol. The van der Waals surface area contributed by atoms with E-state index in [0.29, 0.717) is 19.4 Å². The summed E-state index contributed by atoms with van der Waals surface area (Å²) in [5.74, 6) is 10.6. The van der Waals surface area contributed by atoms with Crippen LogP contribution in [0.5, 0.6) is 0 Å². The number of rotatable bonds is 9. The Labute approximate surface area is 151 Å². The number of allylic oxidation sites excluding steroid dienone is 5. The number of hydrogen-bond acceptors (Lipinski definition) is 4. The Morgan fingerprint density at radius 1 is 1.04 bits per heavy atom. The average Bonchev–Trinajstić information content (AvgIpc) is 2.54. The molecule has 0 aromatic carbocycles. The zero-order chi connectivity index (χ0) is 18.8. The standard InChI is InChI=1S/C21H26O4/c1-4-16-21(25-20(3)23)17-14-12-10-8-6-5-7-9-11-13-15-18-24-19(2)22/h6,8,10,12,14,17,21H,4,13,15-16,18H2,1-3H3/b8-6+,12-10+,17-14+/t21-/m1/s1. The van der Waals surface area contributed by atoms with Crippen molar-refractivity contribution in [3.8, 4) is 23.7 Å². The molecule has 0 aliphatic heterocycles. The Morgan fingerprint density at radius 3 is 2.48 bits per heavy atom. The van der Waals surface area contributed by atoms with Crippen LogP contribution < -0.4 is 0 Å².